The Labute approximate surface area is 126 Å². The van der Waals surface area contributed by atoms with Crippen molar-refractivity contribution in [3.05, 3.63) is 47.2 Å². The van der Waals surface area contributed by atoms with Crippen LogP contribution < -0.4 is 5.73 Å². The molecule has 4 rings (SSSR count). The maximum absolute atomic E-state index is 14.2. The summed E-state index contributed by atoms with van der Waals surface area (Å²) >= 11 is 6.03. The highest BCUT2D eigenvalue weighted by Gasteiger charge is 2.29. The Morgan fingerprint density at radius 1 is 1.19 bits per heavy atom. The SMILES string of the molecule is Nc1ccc(-c2nc3cc(Cl)ccc3n2C2CC2)c(F)c1. The fourth-order valence-corrected chi connectivity index (χ4v) is 2.84. The van der Waals surface area contributed by atoms with E-state index in [1.807, 2.05) is 18.2 Å². The number of rotatable bonds is 2. The van der Waals surface area contributed by atoms with E-state index < -0.39 is 0 Å². The minimum Gasteiger partial charge on any atom is -0.399 e. The van der Waals surface area contributed by atoms with Gasteiger partial charge in [0.15, 0.2) is 0 Å². The molecule has 0 aliphatic heterocycles. The third-order valence-corrected chi connectivity index (χ3v) is 4.03. The predicted molar refractivity (Wildman–Crippen MR) is 82.8 cm³/mol. The Balaban J connectivity index is 2.01. The number of benzene rings is 2. The van der Waals surface area contributed by atoms with Crippen molar-refractivity contribution in [2.45, 2.75) is 18.9 Å². The van der Waals surface area contributed by atoms with Gasteiger partial charge in [-0.1, -0.05) is 11.6 Å². The molecule has 0 bridgehead atoms. The number of nitrogen functional groups attached to an aromatic ring is 1. The molecule has 1 saturated carbocycles. The zero-order valence-electron chi connectivity index (χ0n) is 11.2. The number of hydrogen-bond acceptors (Lipinski definition) is 2. The van der Waals surface area contributed by atoms with Gasteiger partial charge in [-0.05, 0) is 49.2 Å². The van der Waals surface area contributed by atoms with Crippen molar-refractivity contribution >= 4 is 28.3 Å². The van der Waals surface area contributed by atoms with Crippen LogP contribution in [0.3, 0.4) is 0 Å². The van der Waals surface area contributed by atoms with Crippen LogP contribution in [0.5, 0.6) is 0 Å². The molecule has 2 aromatic carbocycles. The quantitative estimate of drug-likeness (QED) is 0.712. The minimum atomic E-state index is -0.349. The highest BCUT2D eigenvalue weighted by atomic mass is 35.5. The Hall–Kier alpha value is -2.07. The molecule has 106 valence electrons. The van der Waals surface area contributed by atoms with E-state index in [-0.39, 0.29) is 5.82 Å². The van der Waals surface area contributed by atoms with E-state index in [4.69, 9.17) is 17.3 Å². The summed E-state index contributed by atoms with van der Waals surface area (Å²) in [7, 11) is 0. The van der Waals surface area contributed by atoms with Crippen molar-refractivity contribution < 1.29 is 4.39 Å². The van der Waals surface area contributed by atoms with Crippen LogP contribution in [-0.4, -0.2) is 9.55 Å². The molecule has 1 aliphatic carbocycles. The second-order valence-corrected chi connectivity index (χ2v) is 5.85. The molecule has 0 amide bonds. The van der Waals surface area contributed by atoms with Gasteiger partial charge in [0.05, 0.1) is 16.6 Å². The molecule has 0 saturated heterocycles. The van der Waals surface area contributed by atoms with Crippen LogP contribution in [0.25, 0.3) is 22.4 Å². The summed E-state index contributed by atoms with van der Waals surface area (Å²) in [6.45, 7) is 0. The standard InChI is InChI=1S/C16H13ClFN3/c17-9-1-6-15-14(7-9)20-16(21(15)11-3-4-11)12-5-2-10(19)8-13(12)18/h1-2,5-8,11H,3-4,19H2. The lowest BCUT2D eigenvalue weighted by Crippen LogP contribution is -1.99. The number of halogens is 2. The predicted octanol–water partition coefficient (Wildman–Crippen LogP) is 4.41. The monoisotopic (exact) mass is 301 g/mol. The molecule has 1 heterocycles. The minimum absolute atomic E-state index is 0.349. The first kappa shape index (κ1) is 12.7. The van der Waals surface area contributed by atoms with Crippen LogP contribution in [0, 0.1) is 5.82 Å². The van der Waals surface area contributed by atoms with Gasteiger partial charge in [-0.25, -0.2) is 9.37 Å². The lowest BCUT2D eigenvalue weighted by Gasteiger charge is -2.09. The molecule has 0 radical (unpaired) electrons. The molecule has 1 fully saturated rings. The van der Waals surface area contributed by atoms with E-state index in [2.05, 4.69) is 9.55 Å². The van der Waals surface area contributed by atoms with Crippen molar-refractivity contribution in [2.24, 2.45) is 0 Å². The number of hydrogen-bond donors (Lipinski definition) is 1. The Morgan fingerprint density at radius 3 is 2.71 bits per heavy atom. The number of anilines is 1. The smallest absolute Gasteiger partial charge is 0.144 e. The third-order valence-electron chi connectivity index (χ3n) is 3.80. The van der Waals surface area contributed by atoms with Gasteiger partial charge >= 0.3 is 0 Å². The summed E-state index contributed by atoms with van der Waals surface area (Å²) in [5, 5.41) is 0.632. The largest absolute Gasteiger partial charge is 0.399 e. The average Bonchev–Trinajstić information content (AvgIpc) is 3.20. The molecule has 2 N–H and O–H groups in total. The molecular formula is C16H13ClFN3. The second-order valence-electron chi connectivity index (χ2n) is 5.41. The van der Waals surface area contributed by atoms with E-state index in [0.717, 1.165) is 23.9 Å². The molecule has 0 spiro atoms. The van der Waals surface area contributed by atoms with Crippen molar-refractivity contribution in [1.29, 1.82) is 0 Å². The molecule has 0 atom stereocenters. The van der Waals surface area contributed by atoms with Crippen molar-refractivity contribution in [2.75, 3.05) is 5.73 Å². The van der Waals surface area contributed by atoms with E-state index in [0.29, 0.717) is 28.1 Å². The molecule has 5 heteroatoms. The molecular weight excluding hydrogens is 289 g/mol. The Morgan fingerprint density at radius 2 is 2.00 bits per heavy atom. The summed E-state index contributed by atoms with van der Waals surface area (Å²) in [6.07, 6.45) is 2.19. The highest BCUT2D eigenvalue weighted by Crippen LogP contribution is 2.42. The number of aromatic nitrogens is 2. The molecule has 3 nitrogen and oxygen atoms in total. The van der Waals surface area contributed by atoms with Crippen molar-refractivity contribution in [3.63, 3.8) is 0 Å². The van der Waals surface area contributed by atoms with Crippen LogP contribution in [0.15, 0.2) is 36.4 Å². The summed E-state index contributed by atoms with van der Waals surface area (Å²) in [5.74, 6) is 0.297. The zero-order chi connectivity index (χ0) is 14.6. The Bertz CT molecular complexity index is 852. The van der Waals surface area contributed by atoms with Crippen molar-refractivity contribution in [1.82, 2.24) is 9.55 Å². The third kappa shape index (κ3) is 2.07. The average molecular weight is 302 g/mol. The zero-order valence-corrected chi connectivity index (χ0v) is 11.9. The normalized spacial score (nSPS) is 14.8. The maximum Gasteiger partial charge on any atom is 0.144 e. The van der Waals surface area contributed by atoms with Gasteiger partial charge in [-0.15, -0.1) is 0 Å². The maximum atomic E-state index is 14.2. The number of nitrogens with two attached hydrogens (primary N) is 1. The highest BCUT2D eigenvalue weighted by molar-refractivity contribution is 6.31. The number of fused-ring (bicyclic) bond motifs is 1. The summed E-state index contributed by atoms with van der Waals surface area (Å²) < 4.78 is 16.4. The van der Waals surface area contributed by atoms with Gasteiger partial charge in [-0.2, -0.15) is 0 Å². The van der Waals surface area contributed by atoms with Crippen LogP contribution in [0.2, 0.25) is 5.02 Å². The first-order valence-electron chi connectivity index (χ1n) is 6.86. The van der Waals surface area contributed by atoms with E-state index >= 15 is 0 Å². The van der Waals surface area contributed by atoms with Gasteiger partial charge in [0.1, 0.15) is 11.6 Å². The fourth-order valence-electron chi connectivity index (χ4n) is 2.68. The van der Waals surface area contributed by atoms with Gasteiger partial charge in [-0.3, -0.25) is 0 Å². The van der Waals surface area contributed by atoms with Crippen LogP contribution >= 0.6 is 11.6 Å². The summed E-state index contributed by atoms with van der Waals surface area (Å²) in [4.78, 5) is 4.59. The van der Waals surface area contributed by atoms with E-state index in [9.17, 15) is 4.39 Å². The van der Waals surface area contributed by atoms with Gasteiger partial charge in [0.25, 0.3) is 0 Å². The number of imidazole rings is 1. The summed E-state index contributed by atoms with van der Waals surface area (Å²) in [5.41, 5.74) is 8.30. The molecule has 1 aliphatic rings. The lowest BCUT2D eigenvalue weighted by atomic mass is 10.2. The van der Waals surface area contributed by atoms with Crippen LogP contribution in [0.4, 0.5) is 10.1 Å². The number of nitrogens with zero attached hydrogens (tertiary/aromatic N) is 2. The summed E-state index contributed by atoms with van der Waals surface area (Å²) in [6, 6.07) is 10.7. The van der Waals surface area contributed by atoms with Gasteiger partial charge < -0.3 is 10.3 Å². The van der Waals surface area contributed by atoms with Crippen LogP contribution in [-0.2, 0) is 0 Å². The van der Waals surface area contributed by atoms with E-state index in [1.54, 1.807) is 12.1 Å². The molecule has 1 aromatic heterocycles. The lowest BCUT2D eigenvalue weighted by molar-refractivity contribution is 0.628. The second kappa shape index (κ2) is 4.46. The van der Waals surface area contributed by atoms with Gasteiger partial charge in [0.2, 0.25) is 0 Å². The molecule has 3 aromatic rings. The van der Waals surface area contributed by atoms with E-state index in [1.165, 1.54) is 6.07 Å². The molecule has 0 unspecified atom stereocenters. The Kier molecular flexibility index (Phi) is 2.69. The first-order chi connectivity index (χ1) is 10.1. The van der Waals surface area contributed by atoms with Crippen molar-refractivity contribution in [3.8, 4) is 11.4 Å². The molecule has 21 heavy (non-hydrogen) atoms. The van der Waals surface area contributed by atoms with Crippen LogP contribution in [0.1, 0.15) is 18.9 Å². The topological polar surface area (TPSA) is 43.8 Å². The fraction of sp³-hybridized carbons (Fsp3) is 0.188. The van der Waals surface area contributed by atoms with Gasteiger partial charge in [0, 0.05) is 16.8 Å². The first-order valence-corrected chi connectivity index (χ1v) is 7.24.